The number of primary amides is 1. The molecule has 0 aliphatic heterocycles. The molecule has 0 aliphatic carbocycles. The van der Waals surface area contributed by atoms with Gasteiger partial charge in [0.15, 0.2) is 17.2 Å². The number of rotatable bonds is 8. The molecule has 0 saturated heterocycles. The van der Waals surface area contributed by atoms with Gasteiger partial charge in [-0.25, -0.2) is 0 Å². The van der Waals surface area contributed by atoms with Crippen molar-refractivity contribution in [1.29, 1.82) is 0 Å². The SMILES string of the molecule is COc1ccc([C@@H](C(=O)NC(C)(C)C)N(C(=O)c2snc(C(N)=O)c2N)c2ccc(C)cc2C)cc1OC. The van der Waals surface area contributed by atoms with Gasteiger partial charge in [-0.15, -0.1) is 0 Å². The number of carbonyl (C=O) groups is 3. The molecule has 202 valence electrons. The Bertz CT molecular complexity index is 1380. The second-order valence-corrected chi connectivity index (χ2v) is 10.6. The van der Waals surface area contributed by atoms with Crippen molar-refractivity contribution >= 4 is 40.6 Å². The van der Waals surface area contributed by atoms with Crippen LogP contribution in [0.15, 0.2) is 36.4 Å². The number of nitrogen functional groups attached to an aromatic ring is 1. The van der Waals surface area contributed by atoms with Crippen LogP contribution in [0.4, 0.5) is 11.4 Å². The Labute approximate surface area is 226 Å². The number of benzene rings is 2. The van der Waals surface area contributed by atoms with E-state index in [4.69, 9.17) is 20.9 Å². The van der Waals surface area contributed by atoms with Crippen LogP contribution in [0.3, 0.4) is 0 Å². The van der Waals surface area contributed by atoms with E-state index in [1.54, 1.807) is 24.3 Å². The number of carbonyl (C=O) groups excluding carboxylic acids is 3. The van der Waals surface area contributed by atoms with Crippen LogP contribution in [-0.2, 0) is 4.79 Å². The van der Waals surface area contributed by atoms with E-state index in [1.165, 1.54) is 19.1 Å². The highest BCUT2D eigenvalue weighted by Crippen LogP contribution is 2.38. The van der Waals surface area contributed by atoms with E-state index >= 15 is 0 Å². The molecular formula is C27H33N5O5S. The normalized spacial score (nSPS) is 12.0. The third-order valence-electron chi connectivity index (χ3n) is 5.71. The van der Waals surface area contributed by atoms with Gasteiger partial charge in [0.05, 0.1) is 19.9 Å². The van der Waals surface area contributed by atoms with Crippen LogP contribution in [0.5, 0.6) is 11.5 Å². The number of nitrogens with zero attached hydrogens (tertiary/aromatic N) is 2. The summed E-state index contributed by atoms with van der Waals surface area (Å²) >= 11 is 0.752. The first-order valence-corrected chi connectivity index (χ1v) is 12.6. The van der Waals surface area contributed by atoms with Crippen molar-refractivity contribution in [2.75, 3.05) is 24.9 Å². The number of aromatic nitrogens is 1. The van der Waals surface area contributed by atoms with Crippen molar-refractivity contribution < 1.29 is 23.9 Å². The number of anilines is 2. The van der Waals surface area contributed by atoms with Gasteiger partial charge < -0.3 is 26.3 Å². The summed E-state index contributed by atoms with van der Waals surface area (Å²) in [6.07, 6.45) is 0. The molecule has 0 saturated carbocycles. The maximum atomic E-state index is 14.2. The van der Waals surface area contributed by atoms with Gasteiger partial charge in [0, 0.05) is 11.2 Å². The average Bonchev–Trinajstić information content (AvgIpc) is 3.22. The lowest BCUT2D eigenvalue weighted by molar-refractivity contribution is -0.123. The van der Waals surface area contributed by atoms with E-state index in [2.05, 4.69) is 9.69 Å². The number of methoxy groups -OCH3 is 2. The zero-order chi connectivity index (χ0) is 28.4. The molecular weight excluding hydrogens is 506 g/mol. The molecule has 1 heterocycles. The largest absolute Gasteiger partial charge is 0.493 e. The average molecular weight is 540 g/mol. The summed E-state index contributed by atoms with van der Waals surface area (Å²) in [5, 5.41) is 2.99. The number of hydrogen-bond donors (Lipinski definition) is 3. The van der Waals surface area contributed by atoms with Gasteiger partial charge in [-0.2, -0.15) is 4.37 Å². The Hall–Kier alpha value is -4.12. The Morgan fingerprint density at radius 1 is 1.03 bits per heavy atom. The van der Waals surface area contributed by atoms with Crippen LogP contribution in [0.25, 0.3) is 0 Å². The van der Waals surface area contributed by atoms with E-state index < -0.39 is 29.3 Å². The van der Waals surface area contributed by atoms with Gasteiger partial charge in [0.2, 0.25) is 5.91 Å². The minimum absolute atomic E-state index is 0.00666. The summed E-state index contributed by atoms with van der Waals surface area (Å²) in [5.74, 6) is -1.04. The van der Waals surface area contributed by atoms with Gasteiger partial charge in [0.1, 0.15) is 10.9 Å². The molecule has 1 aromatic heterocycles. The lowest BCUT2D eigenvalue weighted by Gasteiger charge is -2.34. The van der Waals surface area contributed by atoms with Gasteiger partial charge in [-0.05, 0) is 75.5 Å². The van der Waals surface area contributed by atoms with E-state index in [0.717, 1.165) is 22.7 Å². The van der Waals surface area contributed by atoms with Gasteiger partial charge in [-0.3, -0.25) is 19.3 Å². The van der Waals surface area contributed by atoms with E-state index in [9.17, 15) is 14.4 Å². The molecule has 3 rings (SSSR count). The van der Waals surface area contributed by atoms with Crippen molar-refractivity contribution in [1.82, 2.24) is 9.69 Å². The van der Waals surface area contributed by atoms with Crippen LogP contribution >= 0.6 is 11.5 Å². The Kier molecular flexibility index (Phi) is 8.31. The van der Waals surface area contributed by atoms with Crippen LogP contribution in [0.2, 0.25) is 0 Å². The van der Waals surface area contributed by atoms with Crippen LogP contribution in [0, 0.1) is 13.8 Å². The first-order chi connectivity index (χ1) is 17.8. The van der Waals surface area contributed by atoms with Crippen LogP contribution in [-0.4, -0.2) is 41.9 Å². The number of amides is 3. The zero-order valence-corrected chi connectivity index (χ0v) is 23.4. The number of nitrogens with two attached hydrogens (primary N) is 2. The van der Waals surface area contributed by atoms with Crippen molar-refractivity contribution in [3.8, 4) is 11.5 Å². The second kappa shape index (κ2) is 11.1. The summed E-state index contributed by atoms with van der Waals surface area (Å²) in [7, 11) is 3.00. The van der Waals surface area contributed by atoms with Crippen LogP contribution < -0.4 is 31.2 Å². The third kappa shape index (κ3) is 5.88. The molecule has 3 amide bonds. The molecule has 5 N–H and O–H groups in total. The molecule has 1 atom stereocenters. The summed E-state index contributed by atoms with van der Waals surface area (Å²) in [6, 6.07) is 9.40. The summed E-state index contributed by atoms with van der Waals surface area (Å²) < 4.78 is 14.9. The molecule has 0 fully saturated rings. The van der Waals surface area contributed by atoms with Crippen molar-refractivity contribution in [3.05, 3.63) is 63.7 Å². The molecule has 0 spiro atoms. The Morgan fingerprint density at radius 2 is 1.68 bits per heavy atom. The predicted octanol–water partition coefficient (Wildman–Crippen LogP) is 3.76. The molecule has 2 aromatic carbocycles. The highest BCUT2D eigenvalue weighted by atomic mass is 32.1. The minimum atomic E-state index is -1.15. The monoisotopic (exact) mass is 539 g/mol. The second-order valence-electron chi connectivity index (χ2n) is 9.86. The fraction of sp³-hybridized carbons (Fsp3) is 0.333. The van der Waals surface area contributed by atoms with Crippen molar-refractivity contribution in [2.45, 2.75) is 46.2 Å². The predicted molar refractivity (Wildman–Crippen MR) is 148 cm³/mol. The summed E-state index contributed by atoms with van der Waals surface area (Å²) in [6.45, 7) is 9.32. The number of hydrogen-bond acceptors (Lipinski definition) is 8. The minimum Gasteiger partial charge on any atom is -0.493 e. The van der Waals surface area contributed by atoms with Gasteiger partial charge in [0.25, 0.3) is 11.8 Å². The smallest absolute Gasteiger partial charge is 0.273 e. The molecule has 38 heavy (non-hydrogen) atoms. The standard InChI is InChI=1S/C27H33N5O5S/c1-14-8-10-17(15(2)12-14)32(26(35)23-20(28)21(24(29)33)31-38-23)22(25(34)30-27(3,4)5)16-9-11-18(36-6)19(13-16)37-7/h8-13,22H,28H2,1-7H3,(H2,29,33)(H,30,34)/t22-/m0/s1. The highest BCUT2D eigenvalue weighted by Gasteiger charge is 2.38. The zero-order valence-electron chi connectivity index (χ0n) is 22.5. The highest BCUT2D eigenvalue weighted by molar-refractivity contribution is 7.09. The fourth-order valence-corrected chi connectivity index (χ4v) is 4.80. The molecule has 0 bridgehead atoms. The van der Waals surface area contributed by atoms with E-state index in [-0.39, 0.29) is 16.3 Å². The Balaban J connectivity index is 2.33. The number of nitrogens with one attached hydrogen (secondary N) is 1. The number of aryl methyl sites for hydroxylation is 2. The fourth-order valence-electron chi connectivity index (χ4n) is 4.06. The lowest BCUT2D eigenvalue weighted by atomic mass is 9.98. The van der Waals surface area contributed by atoms with E-state index in [0.29, 0.717) is 22.7 Å². The molecule has 0 aliphatic rings. The summed E-state index contributed by atoms with van der Waals surface area (Å²) in [5.41, 5.74) is 13.3. The molecule has 11 heteroatoms. The first-order valence-electron chi connectivity index (χ1n) is 11.8. The van der Waals surface area contributed by atoms with Gasteiger partial charge >= 0.3 is 0 Å². The third-order valence-corrected chi connectivity index (χ3v) is 6.57. The number of ether oxygens (including phenoxy) is 2. The Morgan fingerprint density at radius 3 is 2.21 bits per heavy atom. The topological polar surface area (TPSA) is 150 Å². The maximum Gasteiger partial charge on any atom is 0.273 e. The maximum absolute atomic E-state index is 14.2. The summed E-state index contributed by atoms with van der Waals surface area (Å²) in [4.78, 5) is 41.3. The van der Waals surface area contributed by atoms with Gasteiger partial charge in [-0.1, -0.05) is 23.8 Å². The van der Waals surface area contributed by atoms with Crippen LogP contribution in [0.1, 0.15) is 63.7 Å². The molecule has 3 aromatic rings. The van der Waals surface area contributed by atoms with Crippen molar-refractivity contribution in [2.24, 2.45) is 5.73 Å². The molecule has 10 nitrogen and oxygen atoms in total. The first kappa shape index (κ1) is 28.5. The quantitative estimate of drug-likeness (QED) is 0.394. The molecule has 0 radical (unpaired) electrons. The molecule has 0 unspecified atom stereocenters. The van der Waals surface area contributed by atoms with Crippen molar-refractivity contribution in [3.63, 3.8) is 0 Å². The lowest BCUT2D eigenvalue weighted by Crippen LogP contribution is -2.49. The van der Waals surface area contributed by atoms with E-state index in [1.807, 2.05) is 46.8 Å².